The number of aliphatic carboxylic acids is 1. The van der Waals surface area contributed by atoms with Crippen molar-refractivity contribution < 1.29 is 23.1 Å². The summed E-state index contributed by atoms with van der Waals surface area (Å²) in [6.07, 6.45) is 1.94. The summed E-state index contributed by atoms with van der Waals surface area (Å²) in [6.45, 7) is 3.49. The fourth-order valence-corrected chi connectivity index (χ4v) is 4.75. The minimum atomic E-state index is -3.11. The van der Waals surface area contributed by atoms with E-state index < -0.39 is 15.8 Å². The largest absolute Gasteiger partial charge is 0.481 e. The number of hydrogen-bond acceptors (Lipinski definition) is 5. The lowest BCUT2D eigenvalue weighted by molar-refractivity contribution is -0.142. The Morgan fingerprint density at radius 2 is 1.75 bits per heavy atom. The van der Waals surface area contributed by atoms with Crippen molar-refractivity contribution in [3.8, 4) is 0 Å². The number of hydrogen-bond donors (Lipinski definition) is 1. The summed E-state index contributed by atoms with van der Waals surface area (Å²) in [5.41, 5.74) is 0. The Hall–Kier alpha value is -0.660. The third-order valence-electron chi connectivity index (χ3n) is 4.33. The zero-order valence-electron chi connectivity index (χ0n) is 11.7. The maximum absolute atomic E-state index is 12.3. The van der Waals surface area contributed by atoms with Crippen LogP contribution in [0.25, 0.3) is 0 Å². The van der Waals surface area contributed by atoms with Gasteiger partial charge >= 0.3 is 5.97 Å². The molecule has 7 heteroatoms. The van der Waals surface area contributed by atoms with Gasteiger partial charge in [0.25, 0.3) is 0 Å². The van der Waals surface area contributed by atoms with Gasteiger partial charge in [-0.15, -0.1) is 0 Å². The average molecular weight is 305 g/mol. The maximum Gasteiger partial charge on any atom is 0.306 e. The molecule has 1 saturated heterocycles. The number of rotatable bonds is 5. The van der Waals surface area contributed by atoms with E-state index in [1.807, 2.05) is 0 Å². The zero-order valence-corrected chi connectivity index (χ0v) is 12.5. The van der Waals surface area contributed by atoms with E-state index in [4.69, 9.17) is 9.84 Å². The topological polar surface area (TPSA) is 83.9 Å². The summed E-state index contributed by atoms with van der Waals surface area (Å²) >= 11 is 0. The molecular formula is C13H23NO5S. The highest BCUT2D eigenvalue weighted by atomic mass is 32.2. The third-order valence-corrected chi connectivity index (χ3v) is 6.57. The van der Waals surface area contributed by atoms with Crippen LogP contribution in [0, 0.1) is 5.92 Å². The van der Waals surface area contributed by atoms with Gasteiger partial charge in [0.15, 0.2) is 9.84 Å². The summed E-state index contributed by atoms with van der Waals surface area (Å²) in [7, 11) is -3.11. The molecule has 0 amide bonds. The third kappa shape index (κ3) is 4.17. The molecule has 20 heavy (non-hydrogen) atoms. The molecule has 1 aliphatic carbocycles. The monoisotopic (exact) mass is 305 g/mol. The lowest BCUT2D eigenvalue weighted by Gasteiger charge is -2.29. The molecular weight excluding hydrogens is 282 g/mol. The Morgan fingerprint density at radius 3 is 2.30 bits per heavy atom. The lowest BCUT2D eigenvalue weighted by Crippen LogP contribution is -2.41. The highest BCUT2D eigenvalue weighted by Gasteiger charge is 2.33. The van der Waals surface area contributed by atoms with E-state index in [2.05, 4.69) is 4.90 Å². The predicted molar refractivity (Wildman–Crippen MR) is 74.4 cm³/mol. The second-order valence-corrected chi connectivity index (χ2v) is 8.03. The van der Waals surface area contributed by atoms with Crippen LogP contribution >= 0.6 is 0 Å². The van der Waals surface area contributed by atoms with Gasteiger partial charge in [0.1, 0.15) is 0 Å². The number of sulfone groups is 1. The molecule has 1 N–H and O–H groups in total. The molecule has 2 rings (SSSR count). The molecule has 2 aliphatic rings. The number of carbonyl (C=O) groups is 1. The molecule has 0 aromatic heterocycles. The Kier molecular flexibility index (Phi) is 5.40. The van der Waals surface area contributed by atoms with E-state index in [1.165, 1.54) is 0 Å². The molecule has 2 fully saturated rings. The number of carboxylic acids is 1. The highest BCUT2D eigenvalue weighted by Crippen LogP contribution is 2.29. The van der Waals surface area contributed by atoms with Crippen LogP contribution in [0.3, 0.4) is 0 Å². The summed E-state index contributed by atoms with van der Waals surface area (Å²) < 4.78 is 29.8. The Morgan fingerprint density at radius 1 is 1.15 bits per heavy atom. The first kappa shape index (κ1) is 15.7. The van der Waals surface area contributed by atoms with Crippen LogP contribution in [-0.4, -0.2) is 68.2 Å². The van der Waals surface area contributed by atoms with Crippen molar-refractivity contribution >= 4 is 15.8 Å². The van der Waals surface area contributed by atoms with Gasteiger partial charge in [0.05, 0.1) is 30.1 Å². The molecule has 0 atom stereocenters. The van der Waals surface area contributed by atoms with Crippen LogP contribution in [-0.2, 0) is 19.4 Å². The van der Waals surface area contributed by atoms with Crippen LogP contribution in [0.1, 0.15) is 25.7 Å². The van der Waals surface area contributed by atoms with Gasteiger partial charge in [0.2, 0.25) is 0 Å². The second-order valence-electron chi connectivity index (χ2n) is 5.63. The fourth-order valence-electron chi connectivity index (χ4n) is 2.92. The maximum atomic E-state index is 12.3. The number of carboxylic acid groups (broad SMARTS) is 1. The molecule has 0 spiro atoms. The second kappa shape index (κ2) is 6.87. The summed E-state index contributed by atoms with van der Waals surface area (Å²) in [5.74, 6) is -0.982. The normalized spacial score (nSPS) is 29.2. The van der Waals surface area contributed by atoms with E-state index in [9.17, 15) is 13.2 Å². The molecule has 0 aromatic carbocycles. The Balaban J connectivity index is 1.80. The minimum Gasteiger partial charge on any atom is -0.481 e. The van der Waals surface area contributed by atoms with Gasteiger partial charge in [-0.25, -0.2) is 8.42 Å². The van der Waals surface area contributed by atoms with Crippen molar-refractivity contribution in [2.24, 2.45) is 5.92 Å². The summed E-state index contributed by atoms with van der Waals surface area (Å²) in [5, 5.41) is 8.58. The van der Waals surface area contributed by atoms with Gasteiger partial charge in [0, 0.05) is 19.6 Å². The van der Waals surface area contributed by atoms with Gasteiger partial charge in [-0.1, -0.05) is 0 Å². The van der Waals surface area contributed by atoms with Crippen molar-refractivity contribution in [3.05, 3.63) is 0 Å². The summed E-state index contributed by atoms with van der Waals surface area (Å²) in [6, 6.07) is 0. The van der Waals surface area contributed by atoms with Gasteiger partial charge < -0.3 is 9.84 Å². The van der Waals surface area contributed by atoms with Gasteiger partial charge in [-0.05, 0) is 25.7 Å². The van der Waals surface area contributed by atoms with Crippen molar-refractivity contribution in [1.82, 2.24) is 4.90 Å². The van der Waals surface area contributed by atoms with Crippen LogP contribution in [0.4, 0.5) is 0 Å². The van der Waals surface area contributed by atoms with E-state index in [0.29, 0.717) is 45.4 Å². The van der Waals surface area contributed by atoms with Crippen molar-refractivity contribution in [3.63, 3.8) is 0 Å². The van der Waals surface area contributed by atoms with Crippen LogP contribution in [0.2, 0.25) is 0 Å². The van der Waals surface area contributed by atoms with Gasteiger partial charge in [-0.2, -0.15) is 0 Å². The first-order valence-corrected chi connectivity index (χ1v) is 8.95. The SMILES string of the molecule is O=C(O)C1CCC(S(=O)(=O)CCN2CCOCC2)CC1. The average Bonchev–Trinajstić information content (AvgIpc) is 2.46. The lowest BCUT2D eigenvalue weighted by atomic mass is 9.89. The van der Waals surface area contributed by atoms with E-state index in [1.54, 1.807) is 0 Å². The molecule has 1 aliphatic heterocycles. The van der Waals surface area contributed by atoms with E-state index in [-0.39, 0.29) is 16.9 Å². The Labute approximate surface area is 120 Å². The Bertz CT molecular complexity index is 422. The van der Waals surface area contributed by atoms with Crippen LogP contribution < -0.4 is 0 Å². The molecule has 0 unspecified atom stereocenters. The number of ether oxygens (including phenoxy) is 1. The molecule has 0 bridgehead atoms. The quantitative estimate of drug-likeness (QED) is 0.790. The smallest absolute Gasteiger partial charge is 0.306 e. The number of nitrogens with zero attached hydrogens (tertiary/aromatic N) is 1. The number of morpholine rings is 1. The van der Waals surface area contributed by atoms with E-state index in [0.717, 1.165) is 13.1 Å². The molecule has 1 saturated carbocycles. The molecule has 0 radical (unpaired) electrons. The van der Waals surface area contributed by atoms with E-state index >= 15 is 0 Å². The minimum absolute atomic E-state index is 0.176. The molecule has 6 nitrogen and oxygen atoms in total. The fraction of sp³-hybridized carbons (Fsp3) is 0.923. The van der Waals surface area contributed by atoms with Crippen molar-refractivity contribution in [2.75, 3.05) is 38.6 Å². The summed E-state index contributed by atoms with van der Waals surface area (Å²) in [4.78, 5) is 13.0. The first-order chi connectivity index (χ1) is 9.49. The van der Waals surface area contributed by atoms with Crippen molar-refractivity contribution in [1.29, 1.82) is 0 Å². The van der Waals surface area contributed by atoms with Crippen LogP contribution in [0.15, 0.2) is 0 Å². The molecule has 116 valence electrons. The molecule has 0 aromatic rings. The standard InChI is InChI=1S/C13H23NO5S/c15-13(16)11-1-3-12(4-2-11)20(17,18)10-7-14-5-8-19-9-6-14/h11-12H,1-10H2,(H,15,16). The zero-order chi connectivity index (χ0) is 14.6. The molecule has 1 heterocycles. The first-order valence-electron chi connectivity index (χ1n) is 7.23. The van der Waals surface area contributed by atoms with Gasteiger partial charge in [-0.3, -0.25) is 9.69 Å². The van der Waals surface area contributed by atoms with Crippen LogP contribution in [0.5, 0.6) is 0 Å². The highest BCUT2D eigenvalue weighted by molar-refractivity contribution is 7.92. The predicted octanol–water partition coefficient (Wildman–Crippen LogP) is 0.377. The van der Waals surface area contributed by atoms with Crippen molar-refractivity contribution in [2.45, 2.75) is 30.9 Å².